The summed E-state index contributed by atoms with van der Waals surface area (Å²) in [5, 5.41) is 11.0. The summed E-state index contributed by atoms with van der Waals surface area (Å²) in [6.07, 6.45) is 2.39. The van der Waals surface area contributed by atoms with Gasteiger partial charge in [-0.1, -0.05) is 36.4 Å². The van der Waals surface area contributed by atoms with Crippen molar-refractivity contribution in [2.75, 3.05) is 19.7 Å². The summed E-state index contributed by atoms with van der Waals surface area (Å²) < 4.78 is 5.88. The number of ether oxygens (including phenoxy) is 1. The maximum Gasteiger partial charge on any atom is 0.226 e. The third-order valence-electron chi connectivity index (χ3n) is 5.45. The molecule has 1 aliphatic heterocycles. The quantitative estimate of drug-likeness (QED) is 0.877. The minimum absolute atomic E-state index is 0.125. The number of likely N-dealkylation sites (tertiary alicyclic amines) is 1. The number of carbonyl (C=O) groups is 1. The van der Waals surface area contributed by atoms with E-state index in [0.717, 1.165) is 17.7 Å². The lowest BCUT2D eigenvalue weighted by atomic mass is 9.96. The number of aliphatic hydroxyl groups is 1. The molecule has 1 fully saturated rings. The first kappa shape index (κ1) is 19.4. The van der Waals surface area contributed by atoms with Crippen LogP contribution in [0.2, 0.25) is 0 Å². The first-order valence-electron chi connectivity index (χ1n) is 9.69. The van der Waals surface area contributed by atoms with Crippen molar-refractivity contribution in [3.8, 4) is 5.75 Å². The fraction of sp³-hybridized carbons (Fsp3) is 0.435. The van der Waals surface area contributed by atoms with Crippen molar-refractivity contribution < 1.29 is 14.6 Å². The Kier molecular flexibility index (Phi) is 6.17. The highest BCUT2D eigenvalue weighted by molar-refractivity contribution is 5.78. The van der Waals surface area contributed by atoms with Gasteiger partial charge in [0.1, 0.15) is 18.0 Å². The Balaban J connectivity index is 1.54. The second-order valence-electron chi connectivity index (χ2n) is 7.66. The molecule has 0 aliphatic carbocycles. The molecule has 0 bridgehead atoms. The van der Waals surface area contributed by atoms with Gasteiger partial charge in [0, 0.05) is 13.1 Å². The molecule has 144 valence electrons. The highest BCUT2D eigenvalue weighted by Crippen LogP contribution is 2.25. The molecule has 4 heteroatoms. The number of amides is 1. The van der Waals surface area contributed by atoms with Crippen LogP contribution in [0.25, 0.3) is 0 Å². The molecule has 1 saturated heterocycles. The summed E-state index contributed by atoms with van der Waals surface area (Å²) in [6, 6.07) is 15.8. The van der Waals surface area contributed by atoms with Crippen molar-refractivity contribution in [3.63, 3.8) is 0 Å². The molecule has 0 spiro atoms. The summed E-state index contributed by atoms with van der Waals surface area (Å²) in [5.74, 6) is 0.910. The van der Waals surface area contributed by atoms with E-state index in [9.17, 15) is 9.90 Å². The average Bonchev–Trinajstić information content (AvgIpc) is 2.86. The molecule has 1 N–H and O–H groups in total. The number of rotatable bonds is 5. The Morgan fingerprint density at radius 2 is 1.85 bits per heavy atom. The predicted molar refractivity (Wildman–Crippen MR) is 107 cm³/mol. The van der Waals surface area contributed by atoms with Crippen molar-refractivity contribution in [2.24, 2.45) is 0 Å². The largest absolute Gasteiger partial charge is 0.491 e. The van der Waals surface area contributed by atoms with Gasteiger partial charge in [-0.2, -0.15) is 0 Å². The smallest absolute Gasteiger partial charge is 0.226 e. The molecule has 2 aromatic carbocycles. The fourth-order valence-electron chi connectivity index (χ4n) is 3.48. The van der Waals surface area contributed by atoms with Gasteiger partial charge in [-0.15, -0.1) is 0 Å². The first-order chi connectivity index (χ1) is 13.0. The van der Waals surface area contributed by atoms with Crippen LogP contribution in [-0.4, -0.2) is 41.2 Å². The molecule has 3 rings (SSSR count). The van der Waals surface area contributed by atoms with E-state index < -0.39 is 5.60 Å². The Hall–Kier alpha value is -2.33. The highest BCUT2D eigenvalue weighted by Gasteiger charge is 2.32. The molecule has 1 atom stereocenters. The summed E-state index contributed by atoms with van der Waals surface area (Å²) in [6.45, 7) is 5.64. The van der Waals surface area contributed by atoms with Crippen molar-refractivity contribution in [2.45, 2.75) is 45.1 Å². The van der Waals surface area contributed by atoms with E-state index in [-0.39, 0.29) is 12.5 Å². The lowest BCUT2D eigenvalue weighted by Crippen LogP contribution is -2.38. The second-order valence-corrected chi connectivity index (χ2v) is 7.66. The van der Waals surface area contributed by atoms with E-state index in [1.807, 2.05) is 53.4 Å². The topological polar surface area (TPSA) is 49.8 Å². The van der Waals surface area contributed by atoms with E-state index in [2.05, 4.69) is 13.8 Å². The van der Waals surface area contributed by atoms with E-state index in [0.29, 0.717) is 32.4 Å². The zero-order chi connectivity index (χ0) is 19.3. The van der Waals surface area contributed by atoms with Crippen molar-refractivity contribution >= 4 is 5.91 Å². The first-order valence-corrected chi connectivity index (χ1v) is 9.69. The standard InChI is InChI=1S/C23H29NO3/c1-18-9-10-21(15-19(18)2)27-17-23(26)11-6-13-24(14-12-23)22(25)16-20-7-4-3-5-8-20/h3-5,7-10,15,26H,6,11-14,16-17H2,1-2H3. The number of aryl methyl sites for hydroxylation is 2. The van der Waals surface area contributed by atoms with Crippen LogP contribution in [0, 0.1) is 13.8 Å². The Morgan fingerprint density at radius 1 is 1.07 bits per heavy atom. The number of hydrogen-bond donors (Lipinski definition) is 1. The molecular weight excluding hydrogens is 338 g/mol. The third kappa shape index (κ3) is 5.33. The number of nitrogens with zero attached hydrogens (tertiary/aromatic N) is 1. The van der Waals surface area contributed by atoms with Crippen LogP contribution in [0.4, 0.5) is 0 Å². The van der Waals surface area contributed by atoms with Crippen LogP contribution in [0.1, 0.15) is 36.0 Å². The molecule has 0 aromatic heterocycles. The monoisotopic (exact) mass is 367 g/mol. The van der Waals surface area contributed by atoms with E-state index in [4.69, 9.17) is 4.74 Å². The summed E-state index contributed by atoms with van der Waals surface area (Å²) in [7, 11) is 0. The Morgan fingerprint density at radius 3 is 2.59 bits per heavy atom. The zero-order valence-corrected chi connectivity index (χ0v) is 16.3. The minimum Gasteiger partial charge on any atom is -0.491 e. The van der Waals surface area contributed by atoms with Gasteiger partial charge in [-0.25, -0.2) is 0 Å². The van der Waals surface area contributed by atoms with E-state index in [1.54, 1.807) is 0 Å². The van der Waals surface area contributed by atoms with Gasteiger partial charge in [0.05, 0.1) is 6.42 Å². The number of hydrogen-bond acceptors (Lipinski definition) is 3. The van der Waals surface area contributed by atoms with Crippen molar-refractivity contribution in [1.29, 1.82) is 0 Å². The Labute approximate surface area is 161 Å². The molecule has 1 aliphatic rings. The molecule has 0 saturated carbocycles. The van der Waals surface area contributed by atoms with Gasteiger partial charge in [-0.05, 0) is 61.9 Å². The van der Waals surface area contributed by atoms with Crippen LogP contribution in [0.3, 0.4) is 0 Å². The second kappa shape index (κ2) is 8.57. The third-order valence-corrected chi connectivity index (χ3v) is 5.45. The van der Waals surface area contributed by atoms with Gasteiger partial charge in [0.15, 0.2) is 0 Å². The van der Waals surface area contributed by atoms with Crippen LogP contribution >= 0.6 is 0 Å². The lowest BCUT2D eigenvalue weighted by Gasteiger charge is -2.27. The van der Waals surface area contributed by atoms with Crippen LogP contribution in [0.15, 0.2) is 48.5 Å². The highest BCUT2D eigenvalue weighted by atomic mass is 16.5. The van der Waals surface area contributed by atoms with Crippen molar-refractivity contribution in [3.05, 3.63) is 65.2 Å². The van der Waals surface area contributed by atoms with Gasteiger partial charge in [0.2, 0.25) is 5.91 Å². The van der Waals surface area contributed by atoms with Crippen LogP contribution < -0.4 is 4.74 Å². The summed E-state index contributed by atoms with van der Waals surface area (Å²) in [4.78, 5) is 14.5. The maximum absolute atomic E-state index is 12.6. The molecule has 1 heterocycles. The molecule has 0 radical (unpaired) electrons. The predicted octanol–water partition coefficient (Wildman–Crippen LogP) is 3.67. The SMILES string of the molecule is Cc1ccc(OCC2(O)CCCN(C(=O)Cc3ccccc3)CC2)cc1C. The Bertz CT molecular complexity index is 774. The van der Waals surface area contributed by atoms with E-state index in [1.165, 1.54) is 11.1 Å². The molecule has 27 heavy (non-hydrogen) atoms. The maximum atomic E-state index is 12.6. The van der Waals surface area contributed by atoms with Crippen LogP contribution in [-0.2, 0) is 11.2 Å². The van der Waals surface area contributed by atoms with Crippen molar-refractivity contribution in [1.82, 2.24) is 4.90 Å². The van der Waals surface area contributed by atoms with Gasteiger partial charge < -0.3 is 14.7 Å². The number of benzene rings is 2. The summed E-state index contributed by atoms with van der Waals surface area (Å²) >= 11 is 0. The minimum atomic E-state index is -0.888. The normalized spacial score (nSPS) is 20.2. The van der Waals surface area contributed by atoms with Gasteiger partial charge in [0.25, 0.3) is 0 Å². The lowest BCUT2D eigenvalue weighted by molar-refractivity contribution is -0.130. The summed E-state index contributed by atoms with van der Waals surface area (Å²) in [5.41, 5.74) is 2.54. The van der Waals surface area contributed by atoms with E-state index >= 15 is 0 Å². The molecule has 1 amide bonds. The van der Waals surface area contributed by atoms with Gasteiger partial charge in [-0.3, -0.25) is 4.79 Å². The number of carbonyl (C=O) groups excluding carboxylic acids is 1. The molecule has 1 unspecified atom stereocenters. The zero-order valence-electron chi connectivity index (χ0n) is 16.3. The van der Waals surface area contributed by atoms with Gasteiger partial charge >= 0.3 is 0 Å². The van der Waals surface area contributed by atoms with Crippen LogP contribution in [0.5, 0.6) is 5.75 Å². The molecule has 2 aromatic rings. The molecular formula is C23H29NO3. The average molecular weight is 367 g/mol. The fourth-order valence-corrected chi connectivity index (χ4v) is 3.48. The molecule has 4 nitrogen and oxygen atoms in total.